The molecule has 0 amide bonds. The van der Waals surface area contributed by atoms with E-state index in [1.54, 1.807) is 0 Å². The molecule has 5 aromatic rings. The topological polar surface area (TPSA) is 89.6 Å². The summed E-state index contributed by atoms with van der Waals surface area (Å²) in [6.07, 6.45) is 1.88. The van der Waals surface area contributed by atoms with E-state index in [0.717, 1.165) is 5.39 Å². The highest BCUT2D eigenvalue weighted by atomic mass is 28.4. The number of nitrogens with zero attached hydrogens (tertiary/aromatic N) is 3. The van der Waals surface area contributed by atoms with Crippen LogP contribution in [0.3, 0.4) is 0 Å². The normalized spacial score (nSPS) is 22.6. The number of aliphatic hydroxyl groups is 2. The molecule has 43 heavy (non-hydrogen) atoms. The third kappa shape index (κ3) is 5.18. The van der Waals surface area contributed by atoms with Crippen molar-refractivity contribution in [3.63, 3.8) is 0 Å². The van der Waals surface area contributed by atoms with Gasteiger partial charge in [-0.1, -0.05) is 107 Å². The Labute approximate surface area is 253 Å². The minimum absolute atomic E-state index is 0.198. The van der Waals surface area contributed by atoms with Crippen molar-refractivity contribution in [2.75, 3.05) is 6.61 Å². The Hall–Kier alpha value is -3.82. The molecule has 2 N–H and O–H groups in total. The summed E-state index contributed by atoms with van der Waals surface area (Å²) in [5.74, 6) is 1.13. The molecule has 7 nitrogen and oxygen atoms in total. The van der Waals surface area contributed by atoms with Gasteiger partial charge in [0.25, 0.3) is 8.32 Å². The zero-order valence-electron chi connectivity index (χ0n) is 25.1. The smallest absolute Gasteiger partial charge is 0.261 e. The second kappa shape index (κ2) is 11.4. The van der Waals surface area contributed by atoms with E-state index >= 15 is 0 Å². The molecule has 1 aliphatic rings. The summed E-state index contributed by atoms with van der Waals surface area (Å²) >= 11 is 0. The molecular formula is C35H39N3O4Si. The first-order valence-corrected chi connectivity index (χ1v) is 16.7. The standard InChI is InChI=1S/C35H39N3O4Si/c1-34(2,3)43(26-16-10-6-11-17-26,27-18-12-7-13-19-27)41-23-35(4)22-29(30(39)31(35)40)38-21-20-28-32(38)36-24-37-33(28)42-25-14-8-5-9-15-25/h5-21,24,29-31,39-40H,22-23H2,1-4H3/t29-,30?,31?,35-/m1/s1. The number of para-hydroxylation sites is 1. The van der Waals surface area contributed by atoms with Crippen molar-refractivity contribution < 1.29 is 19.4 Å². The van der Waals surface area contributed by atoms with Crippen molar-refractivity contribution in [1.82, 2.24) is 14.5 Å². The van der Waals surface area contributed by atoms with Crippen LogP contribution in [0, 0.1) is 5.41 Å². The first-order chi connectivity index (χ1) is 20.6. The van der Waals surface area contributed by atoms with Gasteiger partial charge >= 0.3 is 0 Å². The summed E-state index contributed by atoms with van der Waals surface area (Å²) in [4.78, 5) is 8.91. The summed E-state index contributed by atoms with van der Waals surface area (Å²) in [5, 5.41) is 25.9. The lowest BCUT2D eigenvalue weighted by atomic mass is 9.87. The van der Waals surface area contributed by atoms with Crippen LogP contribution in [0.5, 0.6) is 11.6 Å². The first kappa shape index (κ1) is 29.3. The van der Waals surface area contributed by atoms with Crippen molar-refractivity contribution in [2.45, 2.75) is 57.4 Å². The van der Waals surface area contributed by atoms with Crippen LogP contribution in [-0.2, 0) is 4.43 Å². The summed E-state index contributed by atoms with van der Waals surface area (Å²) in [5.41, 5.74) is -0.0567. The van der Waals surface area contributed by atoms with Crippen molar-refractivity contribution in [2.24, 2.45) is 5.41 Å². The number of aliphatic hydroxyl groups excluding tert-OH is 2. The second-order valence-electron chi connectivity index (χ2n) is 12.9. The Kier molecular flexibility index (Phi) is 7.72. The van der Waals surface area contributed by atoms with Crippen molar-refractivity contribution in [3.8, 4) is 11.6 Å². The number of hydrogen-bond donors (Lipinski definition) is 2. The van der Waals surface area contributed by atoms with Gasteiger partial charge in [0, 0.05) is 18.2 Å². The summed E-state index contributed by atoms with van der Waals surface area (Å²) in [6, 6.07) is 32.0. The van der Waals surface area contributed by atoms with Crippen LogP contribution in [0.15, 0.2) is 110 Å². The van der Waals surface area contributed by atoms with Crippen LogP contribution in [0.1, 0.15) is 40.2 Å². The van der Waals surface area contributed by atoms with E-state index in [1.165, 1.54) is 16.7 Å². The predicted molar refractivity (Wildman–Crippen MR) is 171 cm³/mol. The minimum atomic E-state index is -2.83. The van der Waals surface area contributed by atoms with E-state index in [1.807, 2.05) is 66.2 Å². The lowest BCUT2D eigenvalue weighted by Crippen LogP contribution is -2.67. The van der Waals surface area contributed by atoms with Crippen LogP contribution < -0.4 is 15.1 Å². The van der Waals surface area contributed by atoms with Crippen LogP contribution in [0.2, 0.25) is 5.04 Å². The molecule has 0 bridgehead atoms. The highest BCUT2D eigenvalue weighted by Gasteiger charge is 2.55. The predicted octanol–water partition coefficient (Wildman–Crippen LogP) is 5.47. The molecule has 2 unspecified atom stereocenters. The van der Waals surface area contributed by atoms with Gasteiger partial charge in [0.2, 0.25) is 5.88 Å². The molecule has 0 spiro atoms. The molecular weight excluding hydrogens is 554 g/mol. The molecule has 0 radical (unpaired) electrons. The Morgan fingerprint density at radius 1 is 0.860 bits per heavy atom. The Balaban J connectivity index is 1.32. The van der Waals surface area contributed by atoms with Gasteiger partial charge in [-0.05, 0) is 40.0 Å². The van der Waals surface area contributed by atoms with Crippen LogP contribution >= 0.6 is 0 Å². The first-order valence-electron chi connectivity index (χ1n) is 14.8. The van der Waals surface area contributed by atoms with E-state index in [-0.39, 0.29) is 5.04 Å². The molecule has 2 heterocycles. The average molecular weight is 594 g/mol. The minimum Gasteiger partial charge on any atom is -0.438 e. The van der Waals surface area contributed by atoms with E-state index in [4.69, 9.17) is 9.16 Å². The molecule has 1 aliphatic carbocycles. The molecule has 3 aromatic carbocycles. The Morgan fingerprint density at radius 3 is 2.02 bits per heavy atom. The van der Waals surface area contributed by atoms with Gasteiger partial charge in [0.15, 0.2) is 0 Å². The number of ether oxygens (including phenoxy) is 1. The van der Waals surface area contributed by atoms with E-state index < -0.39 is 32.0 Å². The number of aromatic nitrogens is 3. The number of benzene rings is 3. The Morgan fingerprint density at radius 2 is 1.44 bits per heavy atom. The molecule has 0 aliphatic heterocycles. The van der Waals surface area contributed by atoms with E-state index in [9.17, 15) is 10.2 Å². The molecule has 6 rings (SSSR count). The number of hydrogen-bond acceptors (Lipinski definition) is 6. The fraction of sp³-hybridized carbons (Fsp3) is 0.314. The number of fused-ring (bicyclic) bond motifs is 1. The monoisotopic (exact) mass is 593 g/mol. The fourth-order valence-corrected chi connectivity index (χ4v) is 11.4. The Bertz CT molecular complexity index is 1630. The van der Waals surface area contributed by atoms with Gasteiger partial charge in [-0.3, -0.25) is 0 Å². The second-order valence-corrected chi connectivity index (χ2v) is 17.2. The van der Waals surface area contributed by atoms with Crippen LogP contribution in [0.25, 0.3) is 11.0 Å². The zero-order valence-corrected chi connectivity index (χ0v) is 26.1. The molecule has 1 saturated carbocycles. The highest BCUT2D eigenvalue weighted by Crippen LogP contribution is 2.47. The van der Waals surface area contributed by atoms with Crippen LogP contribution in [-0.4, -0.2) is 51.9 Å². The van der Waals surface area contributed by atoms with Gasteiger partial charge < -0.3 is 23.9 Å². The van der Waals surface area contributed by atoms with Gasteiger partial charge in [0.05, 0.1) is 17.5 Å². The van der Waals surface area contributed by atoms with E-state index in [2.05, 4.69) is 79.3 Å². The van der Waals surface area contributed by atoms with Gasteiger partial charge in [-0.25, -0.2) is 9.97 Å². The zero-order chi connectivity index (χ0) is 30.2. The fourth-order valence-electron chi connectivity index (χ4n) is 6.68. The lowest BCUT2D eigenvalue weighted by molar-refractivity contribution is -0.0377. The molecule has 4 atom stereocenters. The lowest BCUT2D eigenvalue weighted by Gasteiger charge is -2.45. The SMILES string of the molecule is CC(C)(C)[Si](OC[C@@]1(C)C[C@@H](n2ccc3c(Oc4ccccc4)ncnc32)C(O)C1O)(c1ccccc1)c1ccccc1. The third-order valence-corrected chi connectivity index (χ3v) is 13.9. The highest BCUT2D eigenvalue weighted by molar-refractivity contribution is 6.99. The van der Waals surface area contributed by atoms with Crippen LogP contribution in [0.4, 0.5) is 0 Å². The third-order valence-electron chi connectivity index (χ3n) is 8.93. The van der Waals surface area contributed by atoms with Crippen molar-refractivity contribution in [3.05, 3.63) is 110 Å². The van der Waals surface area contributed by atoms with Gasteiger partial charge in [-0.2, -0.15) is 0 Å². The largest absolute Gasteiger partial charge is 0.438 e. The molecule has 0 saturated heterocycles. The van der Waals surface area contributed by atoms with E-state index in [0.29, 0.717) is 30.3 Å². The average Bonchev–Trinajstić information content (AvgIpc) is 3.54. The molecule has 8 heteroatoms. The molecule has 1 fully saturated rings. The van der Waals surface area contributed by atoms with Crippen molar-refractivity contribution in [1.29, 1.82) is 0 Å². The van der Waals surface area contributed by atoms with Crippen molar-refractivity contribution >= 4 is 29.7 Å². The summed E-state index contributed by atoms with van der Waals surface area (Å²) in [7, 11) is -2.83. The maximum absolute atomic E-state index is 11.6. The van der Waals surface area contributed by atoms with Gasteiger partial charge in [0.1, 0.15) is 23.8 Å². The van der Waals surface area contributed by atoms with Gasteiger partial charge in [-0.15, -0.1) is 0 Å². The summed E-state index contributed by atoms with van der Waals surface area (Å²) < 4.78 is 15.2. The number of rotatable bonds is 8. The quantitative estimate of drug-likeness (QED) is 0.232. The maximum Gasteiger partial charge on any atom is 0.261 e. The molecule has 2 aromatic heterocycles. The maximum atomic E-state index is 11.6. The summed E-state index contributed by atoms with van der Waals surface area (Å²) in [6.45, 7) is 9.04. The molecule has 222 valence electrons.